The molecule has 1 aromatic carbocycles. The molecular weight excluding hydrogens is 302 g/mol. The molecule has 1 unspecified atom stereocenters. The fraction of sp³-hybridized carbons (Fsp3) is 0.538. The summed E-state index contributed by atoms with van der Waals surface area (Å²) in [5.41, 5.74) is 0.0228. The summed E-state index contributed by atoms with van der Waals surface area (Å²) in [6.45, 7) is 2.25. The molecule has 1 N–H and O–H groups in total. The van der Waals surface area contributed by atoms with Gasteiger partial charge in [-0.2, -0.15) is 4.31 Å². The predicted octanol–water partition coefficient (Wildman–Crippen LogP) is 0.782. The van der Waals surface area contributed by atoms with Gasteiger partial charge >= 0.3 is 0 Å². The summed E-state index contributed by atoms with van der Waals surface area (Å²) in [6.07, 6.45) is 0. The average Bonchev–Trinajstić information content (AvgIpc) is 2.44. The molecule has 118 valence electrons. The number of hydrogen-bond acceptors (Lipinski definition) is 4. The number of aliphatic hydroxyl groups excluding tert-OH is 1. The maximum atomic E-state index is 13.9. The van der Waals surface area contributed by atoms with Gasteiger partial charge in [0.1, 0.15) is 4.90 Å². The standard InChI is InChI=1S/C13H18F2N2O3S/c1-9-7-17(4-3-16(9)2)21(19,20)12-6-10(8-18)5-11(14)13(12)15/h5-6,9,18H,3-4,7-8H2,1-2H3. The van der Waals surface area contributed by atoms with Crippen molar-refractivity contribution in [2.45, 2.75) is 24.5 Å². The van der Waals surface area contributed by atoms with Crippen LogP contribution in [0, 0.1) is 11.6 Å². The van der Waals surface area contributed by atoms with Gasteiger partial charge in [-0.3, -0.25) is 0 Å². The van der Waals surface area contributed by atoms with E-state index in [1.807, 2.05) is 18.9 Å². The van der Waals surface area contributed by atoms with E-state index < -0.39 is 33.2 Å². The van der Waals surface area contributed by atoms with Gasteiger partial charge in [0, 0.05) is 25.7 Å². The van der Waals surface area contributed by atoms with E-state index in [2.05, 4.69) is 0 Å². The van der Waals surface area contributed by atoms with Crippen LogP contribution in [0.15, 0.2) is 17.0 Å². The molecular formula is C13H18F2N2O3S. The molecule has 0 spiro atoms. The molecule has 1 heterocycles. The van der Waals surface area contributed by atoms with Crippen molar-refractivity contribution >= 4 is 10.0 Å². The van der Waals surface area contributed by atoms with Crippen LogP contribution in [0.3, 0.4) is 0 Å². The first kappa shape index (κ1) is 16.3. The van der Waals surface area contributed by atoms with Crippen molar-refractivity contribution in [3.8, 4) is 0 Å². The maximum Gasteiger partial charge on any atom is 0.246 e. The molecule has 21 heavy (non-hydrogen) atoms. The molecule has 0 aliphatic carbocycles. The molecule has 1 atom stereocenters. The molecule has 0 aromatic heterocycles. The Morgan fingerprint density at radius 1 is 1.33 bits per heavy atom. The molecule has 0 amide bonds. The summed E-state index contributed by atoms with van der Waals surface area (Å²) in [5.74, 6) is -2.68. The van der Waals surface area contributed by atoms with Gasteiger partial charge in [-0.05, 0) is 31.7 Å². The number of aliphatic hydroxyl groups is 1. The Morgan fingerprint density at radius 2 is 2.00 bits per heavy atom. The fourth-order valence-corrected chi connectivity index (χ4v) is 3.91. The Morgan fingerprint density at radius 3 is 2.57 bits per heavy atom. The van der Waals surface area contributed by atoms with Gasteiger partial charge in [0.2, 0.25) is 10.0 Å². The van der Waals surface area contributed by atoms with E-state index in [1.54, 1.807) is 0 Å². The van der Waals surface area contributed by atoms with Crippen molar-refractivity contribution in [2.75, 3.05) is 26.7 Å². The second-order valence-electron chi connectivity index (χ2n) is 5.24. The van der Waals surface area contributed by atoms with Crippen LogP contribution >= 0.6 is 0 Å². The maximum absolute atomic E-state index is 13.9. The molecule has 2 rings (SSSR count). The van der Waals surface area contributed by atoms with Crippen LogP contribution in [0.1, 0.15) is 12.5 Å². The lowest BCUT2D eigenvalue weighted by Crippen LogP contribution is -2.52. The predicted molar refractivity (Wildman–Crippen MR) is 73.1 cm³/mol. The molecule has 8 heteroatoms. The first-order valence-corrected chi connectivity index (χ1v) is 8.00. The molecule has 0 saturated carbocycles. The minimum absolute atomic E-state index is 0.0116. The zero-order valence-corrected chi connectivity index (χ0v) is 12.7. The Hall–Kier alpha value is -1.09. The van der Waals surface area contributed by atoms with Gasteiger partial charge in [-0.1, -0.05) is 0 Å². The van der Waals surface area contributed by atoms with E-state index in [0.717, 1.165) is 16.4 Å². The molecule has 1 aliphatic rings. The highest BCUT2D eigenvalue weighted by atomic mass is 32.2. The van der Waals surface area contributed by atoms with Crippen LogP contribution in [0.4, 0.5) is 8.78 Å². The molecule has 5 nitrogen and oxygen atoms in total. The van der Waals surface area contributed by atoms with Gasteiger partial charge in [0.05, 0.1) is 6.61 Å². The zero-order valence-electron chi connectivity index (χ0n) is 11.9. The normalized spacial score (nSPS) is 21.7. The number of sulfonamides is 1. The fourth-order valence-electron chi connectivity index (χ4n) is 2.27. The van der Waals surface area contributed by atoms with Crippen molar-refractivity contribution < 1.29 is 22.3 Å². The minimum atomic E-state index is -4.12. The number of hydrogen-bond donors (Lipinski definition) is 1. The number of nitrogens with zero attached hydrogens (tertiary/aromatic N) is 2. The lowest BCUT2D eigenvalue weighted by atomic mass is 10.2. The molecule has 1 fully saturated rings. The third kappa shape index (κ3) is 3.08. The van der Waals surface area contributed by atoms with Crippen molar-refractivity contribution in [3.05, 3.63) is 29.3 Å². The van der Waals surface area contributed by atoms with Crippen LogP contribution in [0.5, 0.6) is 0 Å². The van der Waals surface area contributed by atoms with Gasteiger partial charge in [0.15, 0.2) is 11.6 Å². The van der Waals surface area contributed by atoms with Crippen LogP contribution in [-0.2, 0) is 16.6 Å². The Balaban J connectivity index is 2.42. The van der Waals surface area contributed by atoms with E-state index in [4.69, 9.17) is 5.11 Å². The summed E-state index contributed by atoms with van der Waals surface area (Å²) in [7, 11) is -2.25. The number of rotatable bonds is 3. The van der Waals surface area contributed by atoms with E-state index in [1.165, 1.54) is 0 Å². The van der Waals surface area contributed by atoms with Crippen LogP contribution < -0.4 is 0 Å². The summed E-state index contributed by atoms with van der Waals surface area (Å²) in [6, 6.07) is 1.76. The van der Waals surface area contributed by atoms with Crippen molar-refractivity contribution in [1.82, 2.24) is 9.21 Å². The van der Waals surface area contributed by atoms with E-state index in [9.17, 15) is 17.2 Å². The number of halogens is 2. The van der Waals surface area contributed by atoms with Crippen molar-refractivity contribution in [3.63, 3.8) is 0 Å². The molecule has 0 bridgehead atoms. The summed E-state index contributed by atoms with van der Waals surface area (Å²) in [4.78, 5) is 1.27. The average molecular weight is 320 g/mol. The quantitative estimate of drug-likeness (QED) is 0.894. The number of likely N-dealkylation sites (N-methyl/N-ethyl adjacent to an activating group) is 1. The van der Waals surface area contributed by atoms with E-state index >= 15 is 0 Å². The Labute approximate surface area is 122 Å². The van der Waals surface area contributed by atoms with E-state index in [0.29, 0.717) is 6.54 Å². The largest absolute Gasteiger partial charge is 0.392 e. The highest BCUT2D eigenvalue weighted by Crippen LogP contribution is 2.25. The second-order valence-corrected chi connectivity index (χ2v) is 7.15. The lowest BCUT2D eigenvalue weighted by Gasteiger charge is -2.36. The van der Waals surface area contributed by atoms with Gasteiger partial charge in [-0.25, -0.2) is 17.2 Å². The van der Waals surface area contributed by atoms with Gasteiger partial charge in [-0.15, -0.1) is 0 Å². The second kappa shape index (κ2) is 5.96. The highest BCUT2D eigenvalue weighted by Gasteiger charge is 2.33. The van der Waals surface area contributed by atoms with Gasteiger partial charge in [0.25, 0.3) is 0 Å². The monoisotopic (exact) mass is 320 g/mol. The summed E-state index contributed by atoms with van der Waals surface area (Å²) >= 11 is 0. The summed E-state index contributed by atoms with van der Waals surface area (Å²) in [5, 5.41) is 9.03. The van der Waals surface area contributed by atoms with Crippen molar-refractivity contribution in [1.29, 1.82) is 0 Å². The SMILES string of the molecule is CC1CN(S(=O)(=O)c2cc(CO)cc(F)c2F)CCN1C. The van der Waals surface area contributed by atoms with Crippen LogP contribution in [0.2, 0.25) is 0 Å². The summed E-state index contributed by atoms with van der Waals surface area (Å²) < 4.78 is 53.5. The molecule has 1 aliphatic heterocycles. The number of benzene rings is 1. The van der Waals surface area contributed by atoms with Gasteiger partial charge < -0.3 is 10.0 Å². The molecule has 0 radical (unpaired) electrons. The van der Waals surface area contributed by atoms with Crippen molar-refractivity contribution in [2.24, 2.45) is 0 Å². The van der Waals surface area contributed by atoms with Crippen LogP contribution in [0.25, 0.3) is 0 Å². The van der Waals surface area contributed by atoms with E-state index in [-0.39, 0.29) is 24.7 Å². The zero-order chi connectivity index (χ0) is 15.8. The smallest absolute Gasteiger partial charge is 0.246 e. The topological polar surface area (TPSA) is 60.9 Å². The Bertz CT molecular complexity index is 637. The first-order valence-electron chi connectivity index (χ1n) is 6.56. The first-order chi connectivity index (χ1) is 9.77. The highest BCUT2D eigenvalue weighted by molar-refractivity contribution is 7.89. The minimum Gasteiger partial charge on any atom is -0.392 e. The molecule has 1 saturated heterocycles. The lowest BCUT2D eigenvalue weighted by molar-refractivity contribution is 0.159. The Kier molecular flexibility index (Phi) is 4.62. The van der Waals surface area contributed by atoms with Crippen LogP contribution in [-0.4, -0.2) is 55.5 Å². The number of piperazine rings is 1. The molecule has 1 aromatic rings. The third-order valence-electron chi connectivity index (χ3n) is 3.78. The third-order valence-corrected chi connectivity index (χ3v) is 5.64.